The smallest absolute Gasteiger partial charge is 0.224 e. The molecule has 23 heavy (non-hydrogen) atoms. The van der Waals surface area contributed by atoms with Gasteiger partial charge < -0.3 is 5.32 Å². The third-order valence-corrected chi connectivity index (χ3v) is 4.33. The third kappa shape index (κ3) is 4.59. The second kappa shape index (κ2) is 6.87. The van der Waals surface area contributed by atoms with Crippen LogP contribution in [0.1, 0.15) is 12.0 Å². The highest BCUT2D eigenvalue weighted by molar-refractivity contribution is 7.90. The maximum Gasteiger partial charge on any atom is 0.224 e. The van der Waals surface area contributed by atoms with E-state index in [0.717, 1.165) is 24.5 Å². The predicted molar refractivity (Wildman–Crippen MR) is 82.9 cm³/mol. The second-order valence-electron chi connectivity index (χ2n) is 5.05. The summed E-state index contributed by atoms with van der Waals surface area (Å²) in [6, 6.07) is 9.22. The Morgan fingerprint density at radius 1 is 1.09 bits per heavy atom. The predicted octanol–water partition coefficient (Wildman–Crippen LogP) is 2.94. The Morgan fingerprint density at radius 2 is 1.78 bits per heavy atom. The van der Waals surface area contributed by atoms with Crippen molar-refractivity contribution in [1.29, 1.82) is 0 Å². The Kier molecular flexibility index (Phi) is 5.10. The van der Waals surface area contributed by atoms with E-state index in [1.165, 1.54) is 6.07 Å². The van der Waals surface area contributed by atoms with Crippen LogP contribution in [0.2, 0.25) is 0 Å². The molecule has 2 aromatic rings. The SMILES string of the molecule is CS(=O)(=O)c1ccc(F)c(NC(=O)CCc2ccccc2F)c1. The van der Waals surface area contributed by atoms with Crippen LogP contribution in [0.25, 0.3) is 0 Å². The largest absolute Gasteiger partial charge is 0.324 e. The van der Waals surface area contributed by atoms with Gasteiger partial charge in [0.05, 0.1) is 10.6 Å². The second-order valence-corrected chi connectivity index (χ2v) is 7.07. The lowest BCUT2D eigenvalue weighted by atomic mass is 10.1. The highest BCUT2D eigenvalue weighted by Gasteiger charge is 2.13. The summed E-state index contributed by atoms with van der Waals surface area (Å²) in [6.45, 7) is 0. The third-order valence-electron chi connectivity index (χ3n) is 3.22. The fourth-order valence-electron chi connectivity index (χ4n) is 1.99. The zero-order valence-electron chi connectivity index (χ0n) is 12.3. The van der Waals surface area contributed by atoms with Crippen molar-refractivity contribution in [2.75, 3.05) is 11.6 Å². The lowest BCUT2D eigenvalue weighted by molar-refractivity contribution is -0.116. The first-order chi connectivity index (χ1) is 10.8. The molecule has 0 aliphatic carbocycles. The van der Waals surface area contributed by atoms with Crippen molar-refractivity contribution in [1.82, 2.24) is 0 Å². The zero-order valence-corrected chi connectivity index (χ0v) is 13.2. The molecule has 0 saturated heterocycles. The molecule has 2 rings (SSSR count). The highest BCUT2D eigenvalue weighted by atomic mass is 32.2. The summed E-state index contributed by atoms with van der Waals surface area (Å²) in [7, 11) is -3.51. The van der Waals surface area contributed by atoms with Crippen molar-refractivity contribution in [2.45, 2.75) is 17.7 Å². The first-order valence-corrected chi connectivity index (χ1v) is 8.69. The van der Waals surface area contributed by atoms with E-state index >= 15 is 0 Å². The quantitative estimate of drug-likeness (QED) is 0.852. The van der Waals surface area contributed by atoms with Crippen molar-refractivity contribution < 1.29 is 22.0 Å². The van der Waals surface area contributed by atoms with Gasteiger partial charge in [0.2, 0.25) is 5.91 Å². The molecule has 0 aliphatic rings. The lowest BCUT2D eigenvalue weighted by Crippen LogP contribution is -2.14. The first kappa shape index (κ1) is 17.1. The maximum absolute atomic E-state index is 13.7. The molecule has 0 atom stereocenters. The standard InChI is InChI=1S/C16H15F2NO3S/c1-23(21,22)12-7-8-14(18)15(10-12)19-16(20)9-6-11-4-2-3-5-13(11)17/h2-5,7-8,10H,6,9H2,1H3,(H,19,20). The van der Waals surface area contributed by atoms with Crippen LogP contribution in [0.4, 0.5) is 14.5 Å². The topological polar surface area (TPSA) is 63.2 Å². The van der Waals surface area contributed by atoms with Gasteiger partial charge in [0.25, 0.3) is 0 Å². The molecule has 0 heterocycles. The Hall–Kier alpha value is -2.28. The van der Waals surface area contributed by atoms with E-state index in [-0.39, 0.29) is 23.4 Å². The number of benzene rings is 2. The van der Waals surface area contributed by atoms with Gasteiger partial charge in [-0.3, -0.25) is 4.79 Å². The van der Waals surface area contributed by atoms with E-state index in [1.54, 1.807) is 18.2 Å². The average Bonchev–Trinajstić information content (AvgIpc) is 2.47. The molecule has 0 radical (unpaired) electrons. The molecule has 0 aliphatic heterocycles. The molecule has 122 valence electrons. The molecule has 2 aromatic carbocycles. The summed E-state index contributed by atoms with van der Waals surface area (Å²) in [5, 5.41) is 2.31. The van der Waals surface area contributed by atoms with E-state index in [2.05, 4.69) is 5.32 Å². The van der Waals surface area contributed by atoms with E-state index in [9.17, 15) is 22.0 Å². The van der Waals surface area contributed by atoms with Crippen LogP contribution < -0.4 is 5.32 Å². The number of aryl methyl sites for hydroxylation is 1. The summed E-state index contributed by atoms with van der Waals surface area (Å²) in [5.41, 5.74) is 0.166. The Morgan fingerprint density at radius 3 is 2.43 bits per heavy atom. The van der Waals surface area contributed by atoms with Crippen molar-refractivity contribution in [3.8, 4) is 0 Å². The van der Waals surface area contributed by atoms with Crippen molar-refractivity contribution in [3.63, 3.8) is 0 Å². The minimum Gasteiger partial charge on any atom is -0.324 e. The van der Waals surface area contributed by atoms with Gasteiger partial charge in [0, 0.05) is 12.7 Å². The van der Waals surface area contributed by atoms with Crippen LogP contribution in [0.15, 0.2) is 47.4 Å². The van der Waals surface area contributed by atoms with Gasteiger partial charge >= 0.3 is 0 Å². The molecule has 4 nitrogen and oxygen atoms in total. The number of rotatable bonds is 5. The first-order valence-electron chi connectivity index (χ1n) is 6.80. The monoisotopic (exact) mass is 339 g/mol. The van der Waals surface area contributed by atoms with Gasteiger partial charge in [-0.1, -0.05) is 18.2 Å². The number of carbonyl (C=O) groups is 1. The van der Waals surface area contributed by atoms with Gasteiger partial charge in [0.1, 0.15) is 11.6 Å². The Balaban J connectivity index is 2.07. The molecule has 0 spiro atoms. The summed E-state index contributed by atoms with van der Waals surface area (Å²) < 4.78 is 50.0. The Labute approximate surface area is 133 Å². The van der Waals surface area contributed by atoms with Crippen LogP contribution >= 0.6 is 0 Å². The normalized spacial score (nSPS) is 11.3. The van der Waals surface area contributed by atoms with Gasteiger partial charge in [-0.15, -0.1) is 0 Å². The minimum atomic E-state index is -3.51. The van der Waals surface area contributed by atoms with Crippen molar-refractivity contribution >= 4 is 21.4 Å². The van der Waals surface area contributed by atoms with Crippen LogP contribution in [0, 0.1) is 11.6 Å². The maximum atomic E-state index is 13.7. The van der Waals surface area contributed by atoms with Crippen molar-refractivity contribution in [2.24, 2.45) is 0 Å². The van der Waals surface area contributed by atoms with Crippen LogP contribution in [-0.4, -0.2) is 20.6 Å². The van der Waals surface area contributed by atoms with E-state index in [4.69, 9.17) is 0 Å². The summed E-state index contributed by atoms with van der Waals surface area (Å²) in [4.78, 5) is 11.8. The fourth-order valence-corrected chi connectivity index (χ4v) is 2.64. The minimum absolute atomic E-state index is 0.0521. The number of anilines is 1. The highest BCUT2D eigenvalue weighted by Crippen LogP contribution is 2.20. The summed E-state index contributed by atoms with van der Waals surface area (Å²) >= 11 is 0. The average molecular weight is 339 g/mol. The van der Waals surface area contributed by atoms with Crippen LogP contribution in [0.5, 0.6) is 0 Å². The molecular formula is C16H15F2NO3S. The number of nitrogens with one attached hydrogen (secondary N) is 1. The molecule has 0 fully saturated rings. The summed E-state index contributed by atoms with van der Waals surface area (Å²) in [6.07, 6.45) is 1.10. The number of hydrogen-bond donors (Lipinski definition) is 1. The van der Waals surface area contributed by atoms with Gasteiger partial charge in [-0.25, -0.2) is 17.2 Å². The number of carbonyl (C=O) groups excluding carboxylic acids is 1. The van der Waals surface area contributed by atoms with E-state index < -0.39 is 27.4 Å². The number of hydrogen-bond acceptors (Lipinski definition) is 3. The zero-order chi connectivity index (χ0) is 17.0. The molecule has 0 bridgehead atoms. The summed E-state index contributed by atoms with van der Waals surface area (Å²) in [5.74, 6) is -1.68. The van der Waals surface area contributed by atoms with Crippen LogP contribution in [0.3, 0.4) is 0 Å². The Bertz CT molecular complexity index is 835. The van der Waals surface area contributed by atoms with E-state index in [1.807, 2.05) is 0 Å². The van der Waals surface area contributed by atoms with Gasteiger partial charge in [0.15, 0.2) is 9.84 Å². The van der Waals surface area contributed by atoms with Gasteiger partial charge in [-0.05, 0) is 36.2 Å². The molecular weight excluding hydrogens is 324 g/mol. The molecule has 7 heteroatoms. The molecule has 1 N–H and O–H groups in total. The molecule has 0 unspecified atom stereocenters. The van der Waals surface area contributed by atoms with Crippen LogP contribution in [-0.2, 0) is 21.1 Å². The number of halogens is 2. The van der Waals surface area contributed by atoms with Gasteiger partial charge in [-0.2, -0.15) is 0 Å². The molecule has 0 saturated carbocycles. The molecule has 0 aromatic heterocycles. The lowest BCUT2D eigenvalue weighted by Gasteiger charge is -2.08. The molecule has 1 amide bonds. The fraction of sp³-hybridized carbons (Fsp3) is 0.188. The number of amides is 1. The van der Waals surface area contributed by atoms with Crippen molar-refractivity contribution in [3.05, 3.63) is 59.7 Å². The number of sulfone groups is 1. The van der Waals surface area contributed by atoms with E-state index in [0.29, 0.717) is 5.56 Å².